The summed E-state index contributed by atoms with van der Waals surface area (Å²) in [6.07, 6.45) is 2.54. The van der Waals surface area contributed by atoms with Crippen LogP contribution in [-0.2, 0) is 14.6 Å². The van der Waals surface area contributed by atoms with E-state index in [0.29, 0.717) is 5.69 Å². The highest BCUT2D eigenvalue weighted by atomic mass is 32.2. The Kier molecular flexibility index (Phi) is 5.69. The van der Waals surface area contributed by atoms with Crippen LogP contribution in [0.25, 0.3) is 0 Å². The summed E-state index contributed by atoms with van der Waals surface area (Å²) in [6.45, 7) is 1.50. The number of rotatable bonds is 5. The van der Waals surface area contributed by atoms with Crippen molar-refractivity contribution >= 4 is 33.0 Å². The van der Waals surface area contributed by atoms with E-state index in [1.807, 2.05) is 12.1 Å². The van der Waals surface area contributed by atoms with E-state index in [-0.39, 0.29) is 22.3 Å². The number of sulfone groups is 1. The highest BCUT2D eigenvalue weighted by Gasteiger charge is 2.23. The molecule has 1 aliphatic rings. The summed E-state index contributed by atoms with van der Waals surface area (Å²) in [5.74, 6) is -0.784. The number of piperidine rings is 1. The zero-order valence-corrected chi connectivity index (χ0v) is 16.4. The molecule has 1 aliphatic heterocycles. The zero-order valence-electron chi connectivity index (χ0n) is 15.6. The number of benzene rings is 2. The molecule has 0 unspecified atom stereocenters. The van der Waals surface area contributed by atoms with Crippen molar-refractivity contribution in [1.29, 1.82) is 0 Å². The van der Waals surface area contributed by atoms with E-state index in [1.165, 1.54) is 12.1 Å². The molecule has 3 rings (SSSR count). The minimum absolute atomic E-state index is 0.00134. The molecule has 0 radical (unpaired) electrons. The minimum atomic E-state index is -3.50. The molecular weight excluding hydrogens is 378 g/mol. The van der Waals surface area contributed by atoms with Crippen LogP contribution in [0.15, 0.2) is 53.4 Å². The highest BCUT2D eigenvalue weighted by molar-refractivity contribution is 7.90. The number of hydrogen-bond acceptors (Lipinski definition) is 5. The van der Waals surface area contributed by atoms with Gasteiger partial charge in [-0.15, -0.1) is 0 Å². The molecule has 3 N–H and O–H groups in total. The Morgan fingerprint density at radius 1 is 1.04 bits per heavy atom. The lowest BCUT2D eigenvalue weighted by molar-refractivity contribution is -0.122. The van der Waals surface area contributed by atoms with Gasteiger partial charge >= 0.3 is 0 Å². The molecule has 0 atom stereocenters. The lowest BCUT2D eigenvalue weighted by Crippen LogP contribution is -2.38. The second kappa shape index (κ2) is 8.02. The molecular formula is C20H23N3O4S. The van der Waals surface area contributed by atoms with Crippen LogP contribution in [0.4, 0.5) is 11.4 Å². The van der Waals surface area contributed by atoms with E-state index in [0.717, 1.165) is 37.9 Å². The Balaban J connectivity index is 1.69. The van der Waals surface area contributed by atoms with Gasteiger partial charge in [0, 0.05) is 36.6 Å². The summed E-state index contributed by atoms with van der Waals surface area (Å²) >= 11 is 0. The topological polar surface area (TPSA) is 110 Å². The Morgan fingerprint density at radius 2 is 1.64 bits per heavy atom. The average molecular weight is 401 g/mol. The van der Waals surface area contributed by atoms with E-state index in [1.54, 1.807) is 24.3 Å². The van der Waals surface area contributed by atoms with Gasteiger partial charge in [-0.3, -0.25) is 9.59 Å². The van der Waals surface area contributed by atoms with E-state index < -0.39 is 15.7 Å². The summed E-state index contributed by atoms with van der Waals surface area (Å²) in [6, 6.07) is 13.5. The van der Waals surface area contributed by atoms with Gasteiger partial charge in [-0.05, 0) is 49.2 Å². The number of anilines is 2. The molecule has 0 aromatic heterocycles. The van der Waals surface area contributed by atoms with E-state index in [9.17, 15) is 18.0 Å². The molecule has 0 bridgehead atoms. The SMILES string of the molecule is CS(=O)(=O)c1ccccc1C(=O)Nc1ccc(N2CCC(C(N)=O)CC2)cc1. The van der Waals surface area contributed by atoms with Crippen molar-refractivity contribution in [3.63, 3.8) is 0 Å². The standard InChI is InChI=1S/C20H23N3O4S/c1-28(26,27)18-5-3-2-4-17(18)20(25)22-15-6-8-16(9-7-15)23-12-10-14(11-13-23)19(21)24/h2-9,14H,10-13H2,1H3,(H2,21,24)(H,22,25). The average Bonchev–Trinajstić information content (AvgIpc) is 2.68. The molecule has 8 heteroatoms. The van der Waals surface area contributed by atoms with Crippen LogP contribution < -0.4 is 16.0 Å². The maximum atomic E-state index is 12.5. The van der Waals surface area contributed by atoms with Gasteiger partial charge in [0.2, 0.25) is 5.91 Å². The van der Waals surface area contributed by atoms with Crippen LogP contribution in [0, 0.1) is 5.92 Å². The number of amides is 2. The lowest BCUT2D eigenvalue weighted by Gasteiger charge is -2.32. The molecule has 0 aliphatic carbocycles. The predicted molar refractivity (Wildman–Crippen MR) is 108 cm³/mol. The number of nitrogens with one attached hydrogen (secondary N) is 1. The monoisotopic (exact) mass is 401 g/mol. The van der Waals surface area contributed by atoms with Gasteiger partial charge in [-0.1, -0.05) is 12.1 Å². The van der Waals surface area contributed by atoms with Crippen LogP contribution in [0.2, 0.25) is 0 Å². The number of hydrogen-bond donors (Lipinski definition) is 2. The first-order valence-corrected chi connectivity index (χ1v) is 10.9. The molecule has 2 aromatic rings. The van der Waals surface area contributed by atoms with Crippen LogP contribution in [0.5, 0.6) is 0 Å². The quantitative estimate of drug-likeness (QED) is 0.797. The maximum absolute atomic E-state index is 12.5. The zero-order chi connectivity index (χ0) is 20.3. The number of carbonyl (C=O) groups excluding carboxylic acids is 2. The predicted octanol–water partition coefficient (Wildman–Crippen LogP) is 2.04. The van der Waals surface area contributed by atoms with E-state index >= 15 is 0 Å². The van der Waals surface area contributed by atoms with Crippen LogP contribution in [0.1, 0.15) is 23.2 Å². The summed E-state index contributed by atoms with van der Waals surface area (Å²) in [4.78, 5) is 26.0. The Labute approximate surface area is 164 Å². The van der Waals surface area contributed by atoms with Gasteiger partial charge in [-0.2, -0.15) is 0 Å². The molecule has 7 nitrogen and oxygen atoms in total. The molecule has 1 saturated heterocycles. The highest BCUT2D eigenvalue weighted by Crippen LogP contribution is 2.25. The number of primary amides is 1. The fraction of sp³-hybridized carbons (Fsp3) is 0.300. The summed E-state index contributed by atoms with van der Waals surface area (Å²) in [7, 11) is -3.50. The van der Waals surface area contributed by atoms with Crippen molar-refractivity contribution in [2.75, 3.05) is 29.6 Å². The third-order valence-electron chi connectivity index (χ3n) is 4.92. The molecule has 0 saturated carbocycles. The molecule has 0 spiro atoms. The summed E-state index contributed by atoms with van der Waals surface area (Å²) < 4.78 is 23.8. The lowest BCUT2D eigenvalue weighted by atomic mass is 9.96. The molecule has 148 valence electrons. The van der Waals surface area contributed by atoms with Crippen molar-refractivity contribution in [2.45, 2.75) is 17.7 Å². The van der Waals surface area contributed by atoms with Crippen LogP contribution >= 0.6 is 0 Å². The normalized spacial score (nSPS) is 15.2. The number of nitrogens with zero attached hydrogens (tertiary/aromatic N) is 1. The number of carbonyl (C=O) groups is 2. The molecule has 2 amide bonds. The largest absolute Gasteiger partial charge is 0.371 e. The molecule has 1 heterocycles. The smallest absolute Gasteiger partial charge is 0.256 e. The van der Waals surface area contributed by atoms with Crippen molar-refractivity contribution in [3.8, 4) is 0 Å². The number of nitrogens with two attached hydrogens (primary N) is 1. The second-order valence-corrected chi connectivity index (χ2v) is 8.92. The first-order chi connectivity index (χ1) is 13.3. The Bertz CT molecular complexity index is 979. The molecule has 2 aromatic carbocycles. The molecule has 1 fully saturated rings. The van der Waals surface area contributed by atoms with Crippen molar-refractivity contribution < 1.29 is 18.0 Å². The fourth-order valence-corrected chi connectivity index (χ4v) is 4.24. The maximum Gasteiger partial charge on any atom is 0.256 e. The fourth-order valence-electron chi connectivity index (χ4n) is 3.35. The van der Waals surface area contributed by atoms with Gasteiger partial charge in [-0.25, -0.2) is 8.42 Å². The minimum Gasteiger partial charge on any atom is -0.371 e. The Hall–Kier alpha value is -2.87. The second-order valence-electron chi connectivity index (χ2n) is 6.93. The van der Waals surface area contributed by atoms with Crippen molar-refractivity contribution in [3.05, 3.63) is 54.1 Å². The molecule has 28 heavy (non-hydrogen) atoms. The van der Waals surface area contributed by atoms with Crippen molar-refractivity contribution in [1.82, 2.24) is 0 Å². The Morgan fingerprint density at radius 3 is 2.21 bits per heavy atom. The van der Waals surface area contributed by atoms with Gasteiger partial charge in [0.15, 0.2) is 9.84 Å². The van der Waals surface area contributed by atoms with Crippen molar-refractivity contribution in [2.24, 2.45) is 11.7 Å². The third kappa shape index (κ3) is 4.51. The van der Waals surface area contributed by atoms with Crippen LogP contribution in [0.3, 0.4) is 0 Å². The summed E-state index contributed by atoms with van der Waals surface area (Å²) in [5.41, 5.74) is 7.05. The first kappa shape index (κ1) is 19.9. The van der Waals surface area contributed by atoms with E-state index in [4.69, 9.17) is 5.73 Å². The van der Waals surface area contributed by atoms with Crippen LogP contribution in [-0.4, -0.2) is 39.6 Å². The van der Waals surface area contributed by atoms with Gasteiger partial charge in [0.25, 0.3) is 5.91 Å². The first-order valence-electron chi connectivity index (χ1n) is 9.00. The van der Waals surface area contributed by atoms with Gasteiger partial charge in [0.05, 0.1) is 10.5 Å². The van der Waals surface area contributed by atoms with Gasteiger partial charge < -0.3 is 16.0 Å². The third-order valence-corrected chi connectivity index (χ3v) is 6.07. The summed E-state index contributed by atoms with van der Waals surface area (Å²) in [5, 5.41) is 2.74. The van der Waals surface area contributed by atoms with Gasteiger partial charge in [0.1, 0.15) is 0 Å². The van der Waals surface area contributed by atoms with E-state index in [2.05, 4.69) is 10.2 Å².